The number of hydrogen-bond acceptors (Lipinski definition) is 5. The summed E-state index contributed by atoms with van der Waals surface area (Å²) in [7, 11) is 4.95. The average molecular weight is 471 g/mol. The number of aromatic nitrogens is 2. The maximum absolute atomic E-state index is 13.2. The molecule has 0 atom stereocenters. The van der Waals surface area contributed by atoms with Crippen molar-refractivity contribution in [1.82, 2.24) is 20.2 Å². The zero-order valence-corrected chi connectivity index (χ0v) is 19.7. The van der Waals surface area contributed by atoms with Crippen molar-refractivity contribution >= 4 is 28.8 Å². The van der Waals surface area contributed by atoms with Gasteiger partial charge in [0.1, 0.15) is 5.70 Å². The fourth-order valence-electron chi connectivity index (χ4n) is 3.75. The predicted molar refractivity (Wildman–Crippen MR) is 134 cm³/mol. The van der Waals surface area contributed by atoms with Gasteiger partial charge in [-0.2, -0.15) is 0 Å². The van der Waals surface area contributed by atoms with Crippen LogP contribution in [0.1, 0.15) is 21.5 Å². The van der Waals surface area contributed by atoms with E-state index in [9.17, 15) is 9.59 Å². The van der Waals surface area contributed by atoms with E-state index >= 15 is 0 Å². The monoisotopic (exact) mass is 470 g/mol. The number of benzene rings is 2. The maximum atomic E-state index is 13.2. The SMILES string of the molecule is COc1ccc(C(=O)NC(=Cc2cn(C)c3ccccc23)C(=O)NCc2cccnc2)cc1OC. The second kappa shape index (κ2) is 10.6. The largest absolute Gasteiger partial charge is 0.493 e. The Morgan fingerprint density at radius 2 is 1.83 bits per heavy atom. The number of aryl methyl sites for hydroxylation is 1. The van der Waals surface area contributed by atoms with Crippen molar-refractivity contribution in [2.24, 2.45) is 7.05 Å². The molecule has 4 rings (SSSR count). The zero-order valence-electron chi connectivity index (χ0n) is 19.7. The molecule has 0 saturated heterocycles. The fraction of sp³-hybridized carbons (Fsp3) is 0.148. The highest BCUT2D eigenvalue weighted by atomic mass is 16.5. The van der Waals surface area contributed by atoms with E-state index in [1.807, 2.05) is 48.1 Å². The van der Waals surface area contributed by atoms with Gasteiger partial charge >= 0.3 is 0 Å². The van der Waals surface area contributed by atoms with Gasteiger partial charge in [-0.1, -0.05) is 24.3 Å². The summed E-state index contributed by atoms with van der Waals surface area (Å²) in [6.45, 7) is 0.270. The molecule has 0 spiro atoms. The Morgan fingerprint density at radius 3 is 2.57 bits per heavy atom. The summed E-state index contributed by atoms with van der Waals surface area (Å²) in [4.78, 5) is 30.4. The molecule has 2 N–H and O–H groups in total. The molecule has 0 aliphatic rings. The molecule has 8 heteroatoms. The van der Waals surface area contributed by atoms with E-state index in [1.54, 1.807) is 42.7 Å². The topological polar surface area (TPSA) is 94.5 Å². The summed E-state index contributed by atoms with van der Waals surface area (Å²) in [5, 5.41) is 6.59. The van der Waals surface area contributed by atoms with Crippen LogP contribution in [-0.2, 0) is 18.4 Å². The Labute approximate surface area is 203 Å². The van der Waals surface area contributed by atoms with Crippen molar-refractivity contribution < 1.29 is 19.1 Å². The highest BCUT2D eigenvalue weighted by Gasteiger charge is 2.17. The molecule has 178 valence electrons. The first kappa shape index (κ1) is 23.6. The van der Waals surface area contributed by atoms with E-state index in [1.165, 1.54) is 14.2 Å². The van der Waals surface area contributed by atoms with Crippen molar-refractivity contribution in [1.29, 1.82) is 0 Å². The molecule has 0 aliphatic carbocycles. The molecule has 0 bridgehead atoms. The van der Waals surface area contributed by atoms with Crippen LogP contribution in [0.4, 0.5) is 0 Å². The molecule has 4 aromatic rings. The zero-order chi connectivity index (χ0) is 24.8. The molecule has 0 radical (unpaired) electrons. The second-order valence-electron chi connectivity index (χ2n) is 7.84. The van der Waals surface area contributed by atoms with Crippen LogP contribution in [0.5, 0.6) is 11.5 Å². The van der Waals surface area contributed by atoms with Gasteiger partial charge in [0.2, 0.25) is 0 Å². The molecule has 8 nitrogen and oxygen atoms in total. The Morgan fingerprint density at radius 1 is 1.03 bits per heavy atom. The molecular formula is C27H26N4O4. The van der Waals surface area contributed by atoms with Gasteiger partial charge in [-0.05, 0) is 42.0 Å². The van der Waals surface area contributed by atoms with Gasteiger partial charge in [0, 0.05) is 54.2 Å². The number of amides is 2. The molecule has 2 aromatic heterocycles. The molecule has 35 heavy (non-hydrogen) atoms. The lowest BCUT2D eigenvalue weighted by Gasteiger charge is -2.13. The third kappa shape index (κ3) is 5.33. The minimum atomic E-state index is -0.450. The van der Waals surface area contributed by atoms with E-state index < -0.39 is 11.8 Å². The Balaban J connectivity index is 1.66. The van der Waals surface area contributed by atoms with Crippen molar-refractivity contribution in [2.75, 3.05) is 14.2 Å². The van der Waals surface area contributed by atoms with Gasteiger partial charge in [-0.3, -0.25) is 14.6 Å². The van der Waals surface area contributed by atoms with Crippen LogP contribution in [0.2, 0.25) is 0 Å². The number of carbonyl (C=O) groups is 2. The molecule has 2 amide bonds. The summed E-state index contributed by atoms with van der Waals surface area (Å²) < 4.78 is 12.5. The Hall–Kier alpha value is -4.59. The maximum Gasteiger partial charge on any atom is 0.268 e. The summed E-state index contributed by atoms with van der Waals surface area (Å²) in [6, 6.07) is 16.3. The molecule has 2 aromatic carbocycles. The number of nitrogens with one attached hydrogen (secondary N) is 2. The number of pyridine rings is 1. The molecule has 0 aliphatic heterocycles. The van der Waals surface area contributed by atoms with Crippen molar-refractivity contribution in [3.05, 3.63) is 95.6 Å². The van der Waals surface area contributed by atoms with Gasteiger partial charge in [0.25, 0.3) is 11.8 Å². The first-order valence-corrected chi connectivity index (χ1v) is 11.0. The van der Waals surface area contributed by atoms with Crippen molar-refractivity contribution in [3.63, 3.8) is 0 Å². The predicted octanol–water partition coefficient (Wildman–Crippen LogP) is 3.68. The highest BCUT2D eigenvalue weighted by Crippen LogP contribution is 2.28. The summed E-state index contributed by atoms with van der Waals surface area (Å²) in [5.74, 6) is 0.0510. The van der Waals surface area contributed by atoms with Crippen molar-refractivity contribution in [3.8, 4) is 11.5 Å². The minimum Gasteiger partial charge on any atom is -0.493 e. The number of para-hydroxylation sites is 1. The molecule has 0 unspecified atom stereocenters. The van der Waals surface area contributed by atoms with Gasteiger partial charge in [0.15, 0.2) is 11.5 Å². The Bertz CT molecular complexity index is 1390. The van der Waals surface area contributed by atoms with Crippen LogP contribution in [0.25, 0.3) is 17.0 Å². The average Bonchev–Trinajstić information content (AvgIpc) is 3.22. The first-order chi connectivity index (χ1) is 17.0. The number of hydrogen-bond donors (Lipinski definition) is 2. The molecule has 0 saturated carbocycles. The number of carbonyl (C=O) groups excluding carboxylic acids is 2. The van der Waals surface area contributed by atoms with Crippen LogP contribution < -0.4 is 20.1 Å². The van der Waals surface area contributed by atoms with Crippen LogP contribution >= 0.6 is 0 Å². The van der Waals surface area contributed by atoms with E-state index in [2.05, 4.69) is 15.6 Å². The number of ether oxygens (including phenoxy) is 2. The third-order valence-corrected chi connectivity index (χ3v) is 5.54. The number of rotatable bonds is 8. The van der Waals surface area contributed by atoms with Gasteiger partial charge in [-0.25, -0.2) is 0 Å². The summed E-state index contributed by atoms with van der Waals surface area (Å²) in [5.41, 5.74) is 3.11. The highest BCUT2D eigenvalue weighted by molar-refractivity contribution is 6.06. The normalized spacial score (nSPS) is 11.2. The number of nitrogens with zero attached hydrogens (tertiary/aromatic N) is 2. The molecule has 2 heterocycles. The lowest BCUT2D eigenvalue weighted by Crippen LogP contribution is -2.34. The quantitative estimate of drug-likeness (QED) is 0.383. The van der Waals surface area contributed by atoms with Gasteiger partial charge < -0.3 is 24.7 Å². The third-order valence-electron chi connectivity index (χ3n) is 5.54. The van der Waals surface area contributed by atoms with Crippen LogP contribution in [-0.4, -0.2) is 35.6 Å². The standard InChI is InChI=1S/C27H26N4O4/c1-31-17-20(21-8-4-5-9-23(21)31)13-22(27(33)29-16-18-7-6-12-28-15-18)30-26(32)19-10-11-24(34-2)25(14-19)35-3/h4-15,17H,16H2,1-3H3,(H,29,33)(H,30,32). The van der Waals surface area contributed by atoms with E-state index in [0.717, 1.165) is 22.0 Å². The lowest BCUT2D eigenvalue weighted by atomic mass is 10.1. The van der Waals surface area contributed by atoms with Crippen LogP contribution in [0.15, 0.2) is 78.9 Å². The number of methoxy groups -OCH3 is 2. The van der Waals surface area contributed by atoms with Crippen molar-refractivity contribution in [2.45, 2.75) is 6.54 Å². The second-order valence-corrected chi connectivity index (χ2v) is 7.84. The molecule has 0 fully saturated rings. The van der Waals surface area contributed by atoms with E-state index in [-0.39, 0.29) is 12.2 Å². The first-order valence-electron chi connectivity index (χ1n) is 11.0. The number of fused-ring (bicyclic) bond motifs is 1. The van der Waals surface area contributed by atoms with Crippen LogP contribution in [0, 0.1) is 0 Å². The smallest absolute Gasteiger partial charge is 0.268 e. The fourth-order valence-corrected chi connectivity index (χ4v) is 3.75. The summed E-state index contributed by atoms with van der Waals surface area (Å²) in [6.07, 6.45) is 6.94. The van der Waals surface area contributed by atoms with Gasteiger partial charge in [-0.15, -0.1) is 0 Å². The molecular weight excluding hydrogens is 444 g/mol. The van der Waals surface area contributed by atoms with E-state index in [0.29, 0.717) is 17.1 Å². The minimum absolute atomic E-state index is 0.116. The van der Waals surface area contributed by atoms with Crippen LogP contribution in [0.3, 0.4) is 0 Å². The lowest BCUT2D eigenvalue weighted by molar-refractivity contribution is -0.117. The Kier molecular flexibility index (Phi) is 7.11. The summed E-state index contributed by atoms with van der Waals surface area (Å²) >= 11 is 0. The van der Waals surface area contributed by atoms with Gasteiger partial charge in [0.05, 0.1) is 14.2 Å². The van der Waals surface area contributed by atoms with E-state index in [4.69, 9.17) is 9.47 Å².